The number of hydrogen-bond acceptors (Lipinski definition) is 3. The summed E-state index contributed by atoms with van der Waals surface area (Å²) < 4.78 is 5.20. The van der Waals surface area contributed by atoms with E-state index in [-0.39, 0.29) is 0 Å². The Balaban J connectivity index is 2.03. The molecule has 0 unspecified atom stereocenters. The molecule has 0 saturated carbocycles. The third kappa shape index (κ3) is 4.09. The fourth-order valence-electron chi connectivity index (χ4n) is 3.24. The molecule has 0 saturated heterocycles. The predicted molar refractivity (Wildman–Crippen MR) is 113 cm³/mol. The van der Waals surface area contributed by atoms with Gasteiger partial charge in [-0.1, -0.05) is 60.7 Å². The van der Waals surface area contributed by atoms with Crippen LogP contribution in [0.4, 0.5) is 0 Å². The van der Waals surface area contributed by atoms with Crippen LogP contribution in [0.2, 0.25) is 0 Å². The Hall–Kier alpha value is -3.48. The van der Waals surface area contributed by atoms with Crippen LogP contribution in [0.5, 0.6) is 0 Å². The summed E-state index contributed by atoms with van der Waals surface area (Å²) in [7, 11) is 1.61. The summed E-state index contributed by atoms with van der Waals surface area (Å²) in [6.07, 6.45) is 4.78. The Morgan fingerprint density at radius 3 is 2.39 bits per heavy atom. The van der Waals surface area contributed by atoms with Crippen molar-refractivity contribution in [1.29, 1.82) is 5.26 Å². The molecule has 3 rings (SSSR count). The highest BCUT2D eigenvalue weighted by Crippen LogP contribution is 2.27. The van der Waals surface area contributed by atoms with Crippen molar-refractivity contribution >= 4 is 18.4 Å². The highest BCUT2D eigenvalue weighted by Gasteiger charge is 2.09. The number of aldehydes is 1. The molecule has 0 spiro atoms. The van der Waals surface area contributed by atoms with Gasteiger partial charge in [0, 0.05) is 18.2 Å². The van der Waals surface area contributed by atoms with Crippen molar-refractivity contribution in [3.63, 3.8) is 0 Å². The molecule has 0 aromatic heterocycles. The van der Waals surface area contributed by atoms with Crippen LogP contribution in [0.3, 0.4) is 0 Å². The monoisotopic (exact) mass is 367 g/mol. The molecule has 0 amide bonds. The van der Waals surface area contributed by atoms with Crippen molar-refractivity contribution in [2.24, 2.45) is 0 Å². The zero-order chi connectivity index (χ0) is 19.9. The molecule has 0 fully saturated rings. The molecule has 0 aliphatic heterocycles. The summed E-state index contributed by atoms with van der Waals surface area (Å²) in [6.45, 7) is 2.34. The second kappa shape index (κ2) is 8.94. The van der Waals surface area contributed by atoms with E-state index in [2.05, 4.69) is 6.07 Å². The number of carbonyl (C=O) groups is 1. The maximum Gasteiger partial charge on any atom is 0.150 e. The third-order valence-corrected chi connectivity index (χ3v) is 4.69. The van der Waals surface area contributed by atoms with Crippen molar-refractivity contribution in [3.05, 3.63) is 94.0 Å². The molecule has 0 radical (unpaired) electrons. The minimum Gasteiger partial charge on any atom is -0.380 e. The predicted octanol–water partition coefficient (Wildman–Crippen LogP) is 5.66. The standard InChI is InChI=1S/C25H21NO2/c1-18-13-22(16-27)23(17-28-2)14-21(18)12-11-20-9-6-10-24(25(20)15-26)19-7-4-3-5-8-19/h3-14,16H,17H2,1-2H3/b12-11+. The van der Waals surface area contributed by atoms with Gasteiger partial charge in [0.2, 0.25) is 0 Å². The first-order valence-electron chi connectivity index (χ1n) is 9.02. The maximum absolute atomic E-state index is 11.3. The quantitative estimate of drug-likeness (QED) is 0.417. The highest BCUT2D eigenvalue weighted by molar-refractivity contribution is 5.83. The van der Waals surface area contributed by atoms with Gasteiger partial charge in [-0.2, -0.15) is 5.26 Å². The molecule has 3 aromatic rings. The van der Waals surface area contributed by atoms with Crippen molar-refractivity contribution in [3.8, 4) is 17.2 Å². The Labute approximate surface area is 165 Å². The Bertz CT molecular complexity index is 1060. The second-order valence-corrected chi connectivity index (χ2v) is 6.54. The zero-order valence-electron chi connectivity index (χ0n) is 16.0. The second-order valence-electron chi connectivity index (χ2n) is 6.54. The lowest BCUT2D eigenvalue weighted by molar-refractivity contribution is 0.111. The van der Waals surface area contributed by atoms with E-state index in [4.69, 9.17) is 4.74 Å². The van der Waals surface area contributed by atoms with Gasteiger partial charge >= 0.3 is 0 Å². The molecule has 0 bridgehead atoms. The Morgan fingerprint density at radius 1 is 0.964 bits per heavy atom. The zero-order valence-corrected chi connectivity index (χ0v) is 16.0. The van der Waals surface area contributed by atoms with Gasteiger partial charge in [-0.15, -0.1) is 0 Å². The van der Waals surface area contributed by atoms with Crippen LogP contribution in [0, 0.1) is 18.3 Å². The van der Waals surface area contributed by atoms with Crippen LogP contribution in [0.15, 0.2) is 60.7 Å². The van der Waals surface area contributed by atoms with Gasteiger partial charge in [0.15, 0.2) is 0 Å². The average Bonchev–Trinajstić information content (AvgIpc) is 2.74. The van der Waals surface area contributed by atoms with Gasteiger partial charge in [0.1, 0.15) is 12.4 Å². The van der Waals surface area contributed by atoms with Crippen LogP contribution in [-0.4, -0.2) is 13.4 Å². The molecule has 0 N–H and O–H groups in total. The minimum atomic E-state index is 0.377. The van der Waals surface area contributed by atoms with Crippen LogP contribution in [0.25, 0.3) is 23.3 Å². The van der Waals surface area contributed by atoms with E-state index < -0.39 is 0 Å². The molecule has 138 valence electrons. The van der Waals surface area contributed by atoms with Crippen LogP contribution in [0.1, 0.15) is 38.2 Å². The summed E-state index contributed by atoms with van der Waals surface area (Å²) in [5.74, 6) is 0. The molecule has 3 nitrogen and oxygen atoms in total. The smallest absolute Gasteiger partial charge is 0.150 e. The van der Waals surface area contributed by atoms with E-state index in [0.29, 0.717) is 17.7 Å². The third-order valence-electron chi connectivity index (χ3n) is 4.69. The number of benzene rings is 3. The number of carbonyl (C=O) groups excluding carboxylic acids is 1. The SMILES string of the molecule is COCc1cc(/C=C/c2cccc(-c3ccccc3)c2C#N)c(C)cc1C=O. The van der Waals surface area contributed by atoms with E-state index in [0.717, 1.165) is 39.7 Å². The van der Waals surface area contributed by atoms with Crippen LogP contribution < -0.4 is 0 Å². The van der Waals surface area contributed by atoms with E-state index in [9.17, 15) is 10.1 Å². The number of nitrogens with zero attached hydrogens (tertiary/aromatic N) is 1. The first-order valence-corrected chi connectivity index (χ1v) is 9.02. The largest absolute Gasteiger partial charge is 0.380 e. The number of ether oxygens (including phenoxy) is 1. The first kappa shape index (κ1) is 19.3. The highest BCUT2D eigenvalue weighted by atomic mass is 16.5. The molecule has 0 atom stereocenters. The summed E-state index contributed by atoms with van der Waals surface area (Å²) in [4.78, 5) is 11.3. The van der Waals surface area contributed by atoms with E-state index in [1.807, 2.05) is 79.7 Å². The fraction of sp³-hybridized carbons (Fsp3) is 0.120. The van der Waals surface area contributed by atoms with E-state index >= 15 is 0 Å². The molecule has 3 heteroatoms. The van der Waals surface area contributed by atoms with Gasteiger partial charge in [-0.05, 0) is 46.9 Å². The Kier molecular flexibility index (Phi) is 6.16. The maximum atomic E-state index is 11.3. The summed E-state index contributed by atoms with van der Waals surface area (Å²) in [5.41, 5.74) is 6.91. The lowest BCUT2D eigenvalue weighted by Gasteiger charge is -2.10. The summed E-state index contributed by atoms with van der Waals surface area (Å²) in [5, 5.41) is 9.76. The van der Waals surface area contributed by atoms with E-state index in [1.165, 1.54) is 0 Å². The summed E-state index contributed by atoms with van der Waals surface area (Å²) >= 11 is 0. The molecule has 3 aromatic carbocycles. The lowest BCUT2D eigenvalue weighted by Crippen LogP contribution is -1.97. The van der Waals surface area contributed by atoms with Gasteiger partial charge in [-0.3, -0.25) is 4.79 Å². The van der Waals surface area contributed by atoms with E-state index in [1.54, 1.807) is 7.11 Å². The number of hydrogen-bond donors (Lipinski definition) is 0. The molecule has 0 aliphatic rings. The fourth-order valence-corrected chi connectivity index (χ4v) is 3.24. The Morgan fingerprint density at radius 2 is 1.71 bits per heavy atom. The first-order chi connectivity index (χ1) is 13.7. The number of aryl methyl sites for hydroxylation is 1. The number of nitriles is 1. The normalized spacial score (nSPS) is 10.8. The van der Waals surface area contributed by atoms with Gasteiger partial charge < -0.3 is 4.74 Å². The topological polar surface area (TPSA) is 50.1 Å². The molecule has 0 aliphatic carbocycles. The van der Waals surface area contributed by atoms with Crippen molar-refractivity contribution < 1.29 is 9.53 Å². The molecular weight excluding hydrogens is 346 g/mol. The average molecular weight is 367 g/mol. The van der Waals surface area contributed by atoms with Gasteiger partial charge in [-0.25, -0.2) is 0 Å². The number of rotatable bonds is 6. The summed E-state index contributed by atoms with van der Waals surface area (Å²) in [6, 6.07) is 21.9. The van der Waals surface area contributed by atoms with Crippen molar-refractivity contribution in [2.75, 3.05) is 7.11 Å². The van der Waals surface area contributed by atoms with Gasteiger partial charge in [0.25, 0.3) is 0 Å². The van der Waals surface area contributed by atoms with Crippen molar-refractivity contribution in [1.82, 2.24) is 0 Å². The lowest BCUT2D eigenvalue weighted by atomic mass is 9.95. The van der Waals surface area contributed by atoms with Gasteiger partial charge in [0.05, 0.1) is 12.2 Å². The minimum absolute atomic E-state index is 0.377. The molecule has 28 heavy (non-hydrogen) atoms. The molecule has 0 heterocycles. The van der Waals surface area contributed by atoms with Crippen molar-refractivity contribution in [2.45, 2.75) is 13.5 Å². The van der Waals surface area contributed by atoms with Crippen LogP contribution >= 0.6 is 0 Å². The van der Waals surface area contributed by atoms with Crippen LogP contribution in [-0.2, 0) is 11.3 Å². The number of methoxy groups -OCH3 is 1. The molecular formula is C25H21NO2.